The monoisotopic (exact) mass is 344 g/mol. The molecule has 1 aliphatic heterocycles. The lowest BCUT2D eigenvalue weighted by Gasteiger charge is -2.27. The quantitative estimate of drug-likeness (QED) is 0.585. The molecule has 26 heavy (non-hydrogen) atoms. The molecule has 0 saturated carbocycles. The molecule has 0 radical (unpaired) electrons. The SMILES string of the molecule is O=C(c1ccc(-c2nn[nH]n2)cc1)N1CCc2[nH]c3ccccc3c2C1. The minimum absolute atomic E-state index is 0.0422. The van der Waals surface area contributed by atoms with E-state index < -0.39 is 0 Å². The molecule has 7 heteroatoms. The molecule has 0 fully saturated rings. The lowest BCUT2D eigenvalue weighted by atomic mass is 10.0. The van der Waals surface area contributed by atoms with Gasteiger partial charge in [0.2, 0.25) is 5.82 Å². The van der Waals surface area contributed by atoms with E-state index >= 15 is 0 Å². The zero-order valence-electron chi connectivity index (χ0n) is 13.9. The van der Waals surface area contributed by atoms with Gasteiger partial charge in [-0.1, -0.05) is 30.3 Å². The fourth-order valence-electron chi connectivity index (χ4n) is 3.57. The van der Waals surface area contributed by atoms with Gasteiger partial charge in [0.25, 0.3) is 5.91 Å². The van der Waals surface area contributed by atoms with Crippen LogP contribution in [-0.2, 0) is 13.0 Å². The van der Waals surface area contributed by atoms with Crippen LogP contribution in [0.3, 0.4) is 0 Å². The molecule has 7 nitrogen and oxygen atoms in total. The van der Waals surface area contributed by atoms with Crippen molar-refractivity contribution in [2.75, 3.05) is 6.54 Å². The number of carbonyl (C=O) groups excluding carboxylic acids is 1. The number of amides is 1. The van der Waals surface area contributed by atoms with E-state index in [1.54, 1.807) is 0 Å². The van der Waals surface area contributed by atoms with Crippen molar-refractivity contribution in [1.82, 2.24) is 30.5 Å². The van der Waals surface area contributed by atoms with Crippen LogP contribution in [0.25, 0.3) is 22.3 Å². The van der Waals surface area contributed by atoms with Crippen molar-refractivity contribution in [3.05, 3.63) is 65.4 Å². The van der Waals surface area contributed by atoms with E-state index in [0.717, 1.165) is 17.5 Å². The number of aromatic nitrogens is 5. The molecule has 0 saturated heterocycles. The lowest BCUT2D eigenvalue weighted by molar-refractivity contribution is 0.0735. The van der Waals surface area contributed by atoms with Crippen molar-refractivity contribution < 1.29 is 4.79 Å². The second kappa shape index (κ2) is 5.80. The van der Waals surface area contributed by atoms with Gasteiger partial charge in [0.15, 0.2) is 0 Å². The summed E-state index contributed by atoms with van der Waals surface area (Å²) in [4.78, 5) is 18.3. The van der Waals surface area contributed by atoms with Gasteiger partial charge < -0.3 is 9.88 Å². The van der Waals surface area contributed by atoms with Crippen LogP contribution in [0.5, 0.6) is 0 Å². The molecule has 0 unspecified atom stereocenters. The maximum Gasteiger partial charge on any atom is 0.254 e. The number of hydrogen-bond acceptors (Lipinski definition) is 4. The average Bonchev–Trinajstić information content (AvgIpc) is 3.35. The van der Waals surface area contributed by atoms with Crippen LogP contribution >= 0.6 is 0 Å². The number of benzene rings is 2. The molecule has 2 aromatic carbocycles. The molecule has 4 aromatic rings. The number of hydrogen-bond donors (Lipinski definition) is 2. The summed E-state index contributed by atoms with van der Waals surface area (Å²) in [6.07, 6.45) is 0.844. The molecule has 0 bridgehead atoms. The Morgan fingerprint density at radius 1 is 1.08 bits per heavy atom. The second-order valence-electron chi connectivity index (χ2n) is 6.42. The van der Waals surface area contributed by atoms with Gasteiger partial charge in [-0.05, 0) is 23.4 Å². The molecule has 0 spiro atoms. The van der Waals surface area contributed by atoms with E-state index in [9.17, 15) is 4.79 Å². The van der Waals surface area contributed by atoms with Crippen LogP contribution in [0.2, 0.25) is 0 Å². The van der Waals surface area contributed by atoms with Gasteiger partial charge in [-0.2, -0.15) is 5.21 Å². The van der Waals surface area contributed by atoms with E-state index in [1.807, 2.05) is 41.3 Å². The highest BCUT2D eigenvalue weighted by Gasteiger charge is 2.24. The second-order valence-corrected chi connectivity index (χ2v) is 6.42. The predicted molar refractivity (Wildman–Crippen MR) is 96.4 cm³/mol. The van der Waals surface area contributed by atoms with E-state index in [4.69, 9.17) is 0 Å². The van der Waals surface area contributed by atoms with Crippen molar-refractivity contribution in [3.63, 3.8) is 0 Å². The predicted octanol–water partition coefficient (Wildman–Crippen LogP) is 2.55. The standard InChI is InChI=1S/C19H16N6O/c26-19(13-7-5-12(6-8-13)18-21-23-24-22-18)25-10-9-17-15(11-25)14-3-1-2-4-16(14)20-17/h1-8,20H,9-11H2,(H,21,22,23,24). The fraction of sp³-hybridized carbons (Fsp3) is 0.158. The zero-order valence-corrected chi connectivity index (χ0v) is 13.9. The zero-order chi connectivity index (χ0) is 17.5. The Bertz CT molecular complexity index is 1080. The number of nitrogens with zero attached hydrogens (tertiary/aromatic N) is 4. The van der Waals surface area contributed by atoms with Gasteiger partial charge in [0, 0.05) is 52.8 Å². The van der Waals surface area contributed by atoms with Crippen molar-refractivity contribution in [1.29, 1.82) is 0 Å². The van der Waals surface area contributed by atoms with Crippen LogP contribution in [0.4, 0.5) is 0 Å². The first-order valence-electron chi connectivity index (χ1n) is 8.51. The number of nitrogens with one attached hydrogen (secondary N) is 2. The van der Waals surface area contributed by atoms with E-state index in [0.29, 0.717) is 24.5 Å². The number of para-hydroxylation sites is 1. The number of carbonyl (C=O) groups is 1. The fourth-order valence-corrected chi connectivity index (χ4v) is 3.57. The Hall–Kier alpha value is -3.48. The number of aromatic amines is 2. The summed E-state index contributed by atoms with van der Waals surface area (Å²) < 4.78 is 0. The van der Waals surface area contributed by atoms with Crippen LogP contribution < -0.4 is 0 Å². The van der Waals surface area contributed by atoms with Crippen molar-refractivity contribution in [2.24, 2.45) is 0 Å². The molecule has 0 aliphatic carbocycles. The third kappa shape index (κ3) is 2.36. The molecule has 5 rings (SSSR count). The lowest BCUT2D eigenvalue weighted by Crippen LogP contribution is -2.35. The van der Waals surface area contributed by atoms with Crippen LogP contribution in [0.15, 0.2) is 48.5 Å². The number of tetrazole rings is 1. The summed E-state index contributed by atoms with van der Waals surface area (Å²) in [6.45, 7) is 1.34. The summed E-state index contributed by atoms with van der Waals surface area (Å²) in [5, 5.41) is 15.1. The molecule has 1 amide bonds. The summed E-state index contributed by atoms with van der Waals surface area (Å²) >= 11 is 0. The van der Waals surface area contributed by atoms with Gasteiger partial charge in [0.1, 0.15) is 0 Å². The summed E-state index contributed by atoms with van der Waals surface area (Å²) in [5.74, 6) is 0.561. The highest BCUT2D eigenvalue weighted by molar-refractivity contribution is 5.95. The minimum atomic E-state index is 0.0422. The first-order valence-corrected chi connectivity index (χ1v) is 8.51. The Balaban J connectivity index is 1.41. The van der Waals surface area contributed by atoms with Crippen molar-refractivity contribution >= 4 is 16.8 Å². The topological polar surface area (TPSA) is 90.6 Å². The van der Waals surface area contributed by atoms with Gasteiger partial charge in [-0.25, -0.2) is 0 Å². The van der Waals surface area contributed by atoms with Crippen LogP contribution in [-0.4, -0.2) is 43.0 Å². The Morgan fingerprint density at radius 3 is 2.73 bits per heavy atom. The molecule has 1 aliphatic rings. The van der Waals surface area contributed by atoms with Gasteiger partial charge >= 0.3 is 0 Å². The average molecular weight is 344 g/mol. The summed E-state index contributed by atoms with van der Waals surface area (Å²) in [5.41, 5.74) is 5.09. The Morgan fingerprint density at radius 2 is 1.92 bits per heavy atom. The molecule has 3 heterocycles. The summed E-state index contributed by atoms with van der Waals surface area (Å²) in [6, 6.07) is 15.6. The van der Waals surface area contributed by atoms with Crippen molar-refractivity contribution in [2.45, 2.75) is 13.0 Å². The molecular formula is C19H16N6O. The van der Waals surface area contributed by atoms with Gasteiger partial charge in [0.05, 0.1) is 0 Å². The first kappa shape index (κ1) is 14.8. The molecule has 2 aromatic heterocycles. The van der Waals surface area contributed by atoms with Crippen LogP contribution in [0.1, 0.15) is 21.6 Å². The van der Waals surface area contributed by atoms with E-state index in [2.05, 4.69) is 37.7 Å². The highest BCUT2D eigenvalue weighted by Crippen LogP contribution is 2.28. The highest BCUT2D eigenvalue weighted by atomic mass is 16.2. The maximum absolute atomic E-state index is 12.9. The smallest absolute Gasteiger partial charge is 0.254 e. The molecular weight excluding hydrogens is 328 g/mol. The first-order chi connectivity index (χ1) is 12.8. The summed E-state index contributed by atoms with van der Waals surface area (Å²) in [7, 11) is 0. The Kier molecular flexibility index (Phi) is 3.31. The third-order valence-electron chi connectivity index (χ3n) is 4.91. The third-order valence-corrected chi connectivity index (χ3v) is 4.91. The number of fused-ring (bicyclic) bond motifs is 3. The normalized spacial score (nSPS) is 13.8. The van der Waals surface area contributed by atoms with Crippen molar-refractivity contribution in [3.8, 4) is 11.4 Å². The maximum atomic E-state index is 12.9. The molecule has 128 valence electrons. The van der Waals surface area contributed by atoms with Crippen LogP contribution in [0, 0.1) is 0 Å². The number of rotatable bonds is 2. The molecule has 0 atom stereocenters. The number of H-pyrrole nitrogens is 2. The Labute approximate surface area is 149 Å². The van der Waals surface area contributed by atoms with E-state index in [-0.39, 0.29) is 5.91 Å². The van der Waals surface area contributed by atoms with Gasteiger partial charge in [-0.15, -0.1) is 10.2 Å². The van der Waals surface area contributed by atoms with Gasteiger partial charge in [-0.3, -0.25) is 4.79 Å². The van der Waals surface area contributed by atoms with E-state index in [1.165, 1.54) is 16.6 Å². The molecule has 2 N–H and O–H groups in total. The minimum Gasteiger partial charge on any atom is -0.358 e. The largest absolute Gasteiger partial charge is 0.358 e.